The minimum Gasteiger partial charge on any atom is -0.469 e. The van der Waals surface area contributed by atoms with Gasteiger partial charge in [-0.05, 0) is 18.6 Å². The van der Waals surface area contributed by atoms with Gasteiger partial charge in [0, 0.05) is 17.5 Å². The van der Waals surface area contributed by atoms with Gasteiger partial charge in [-0.25, -0.2) is 8.78 Å². The first-order chi connectivity index (χ1) is 7.04. The molecule has 1 heterocycles. The summed E-state index contributed by atoms with van der Waals surface area (Å²) in [4.78, 5) is 14.8. The van der Waals surface area contributed by atoms with Crippen molar-refractivity contribution in [2.45, 2.75) is 19.8 Å². The summed E-state index contributed by atoms with van der Waals surface area (Å²) in [5.74, 6) is -0.553. The number of carbonyl (C=O) groups is 1. The Kier molecular flexibility index (Phi) is 3.71. The molecule has 0 radical (unpaired) electrons. The summed E-state index contributed by atoms with van der Waals surface area (Å²) in [6, 6.07) is 1.28. The van der Waals surface area contributed by atoms with Crippen LogP contribution in [0.4, 0.5) is 8.78 Å². The topological polar surface area (TPSA) is 39.2 Å². The zero-order valence-electron chi connectivity index (χ0n) is 8.46. The van der Waals surface area contributed by atoms with E-state index in [0.717, 1.165) is 0 Å². The molecule has 0 fully saturated rings. The molecule has 1 aromatic heterocycles. The fraction of sp³-hybridized carbons (Fsp3) is 0.400. The highest BCUT2D eigenvalue weighted by Gasteiger charge is 2.16. The highest BCUT2D eigenvalue weighted by atomic mass is 19.3. The molecule has 0 saturated carbocycles. The summed E-state index contributed by atoms with van der Waals surface area (Å²) in [7, 11) is 1.21. The van der Waals surface area contributed by atoms with E-state index in [1.165, 1.54) is 19.4 Å². The molecule has 0 bridgehead atoms. The summed E-state index contributed by atoms with van der Waals surface area (Å²) in [6.45, 7) is 1.62. The molecule has 0 aliphatic rings. The molecule has 3 nitrogen and oxygen atoms in total. The van der Waals surface area contributed by atoms with Crippen molar-refractivity contribution in [3.8, 4) is 0 Å². The molecule has 1 rings (SSSR count). The van der Waals surface area contributed by atoms with E-state index in [1.807, 2.05) is 0 Å². The average Bonchev–Trinajstić information content (AvgIpc) is 2.20. The maximum atomic E-state index is 12.6. The number of carbonyl (C=O) groups excluding carboxylic acids is 1. The lowest BCUT2D eigenvalue weighted by molar-refractivity contribution is -0.139. The average molecular weight is 215 g/mol. The van der Waals surface area contributed by atoms with Crippen LogP contribution in [0, 0.1) is 6.92 Å². The van der Waals surface area contributed by atoms with Gasteiger partial charge >= 0.3 is 5.97 Å². The first-order valence-corrected chi connectivity index (χ1v) is 4.35. The van der Waals surface area contributed by atoms with Crippen LogP contribution in [0.3, 0.4) is 0 Å². The molecule has 0 atom stereocenters. The van der Waals surface area contributed by atoms with Gasteiger partial charge in [0.2, 0.25) is 0 Å². The summed E-state index contributed by atoms with van der Waals surface area (Å²) in [5, 5.41) is 0. The van der Waals surface area contributed by atoms with E-state index in [2.05, 4.69) is 9.72 Å². The Bertz CT molecular complexity index is 366. The van der Waals surface area contributed by atoms with Gasteiger partial charge in [0.05, 0.1) is 13.5 Å². The zero-order chi connectivity index (χ0) is 11.4. The number of methoxy groups -OCH3 is 1. The summed E-state index contributed by atoms with van der Waals surface area (Å²) < 4.78 is 29.6. The maximum Gasteiger partial charge on any atom is 0.310 e. The zero-order valence-corrected chi connectivity index (χ0v) is 8.46. The Morgan fingerprint density at radius 2 is 2.27 bits per heavy atom. The second kappa shape index (κ2) is 4.82. The molecule has 0 aromatic carbocycles. The molecular weight excluding hydrogens is 204 g/mol. The third kappa shape index (κ3) is 2.97. The normalized spacial score (nSPS) is 10.5. The van der Waals surface area contributed by atoms with Crippen LogP contribution in [0.2, 0.25) is 0 Å². The molecule has 0 saturated heterocycles. The third-order valence-corrected chi connectivity index (χ3v) is 1.96. The first-order valence-electron chi connectivity index (χ1n) is 4.35. The van der Waals surface area contributed by atoms with E-state index in [4.69, 9.17) is 0 Å². The van der Waals surface area contributed by atoms with Gasteiger partial charge in [-0.15, -0.1) is 0 Å². The molecule has 15 heavy (non-hydrogen) atoms. The van der Waals surface area contributed by atoms with Gasteiger partial charge in [-0.2, -0.15) is 0 Å². The molecule has 1 aromatic rings. The molecule has 0 unspecified atom stereocenters. The number of esters is 1. The summed E-state index contributed by atoms with van der Waals surface area (Å²) in [6.07, 6.45) is -1.50. The van der Waals surface area contributed by atoms with Gasteiger partial charge in [0.25, 0.3) is 6.43 Å². The number of aryl methyl sites for hydroxylation is 1. The minimum absolute atomic E-state index is 0.159. The van der Waals surface area contributed by atoms with Gasteiger partial charge in [0.15, 0.2) is 0 Å². The summed E-state index contributed by atoms with van der Waals surface area (Å²) >= 11 is 0. The van der Waals surface area contributed by atoms with Crippen molar-refractivity contribution in [2.24, 2.45) is 0 Å². The second-order valence-corrected chi connectivity index (χ2v) is 3.08. The van der Waals surface area contributed by atoms with E-state index in [9.17, 15) is 13.6 Å². The van der Waals surface area contributed by atoms with Crippen LogP contribution in [0.15, 0.2) is 12.3 Å². The molecule has 5 heteroatoms. The van der Waals surface area contributed by atoms with Crippen molar-refractivity contribution in [3.63, 3.8) is 0 Å². The monoisotopic (exact) mass is 215 g/mol. The molecule has 0 spiro atoms. The number of hydrogen-bond donors (Lipinski definition) is 0. The van der Waals surface area contributed by atoms with Crippen molar-refractivity contribution in [1.29, 1.82) is 0 Å². The van der Waals surface area contributed by atoms with E-state index in [1.54, 1.807) is 6.92 Å². The van der Waals surface area contributed by atoms with Crippen LogP contribution in [0.25, 0.3) is 0 Å². The van der Waals surface area contributed by atoms with Gasteiger partial charge < -0.3 is 4.74 Å². The highest BCUT2D eigenvalue weighted by molar-refractivity contribution is 5.72. The Balaban J connectivity index is 3.00. The molecule has 0 aliphatic carbocycles. The predicted octanol–water partition coefficient (Wildman–Crippen LogP) is 2.04. The van der Waals surface area contributed by atoms with Crippen LogP contribution < -0.4 is 0 Å². The number of aromatic nitrogens is 1. The molecule has 0 N–H and O–H groups in total. The van der Waals surface area contributed by atoms with Crippen LogP contribution in [0.5, 0.6) is 0 Å². The fourth-order valence-corrected chi connectivity index (χ4v) is 1.19. The van der Waals surface area contributed by atoms with Crippen LogP contribution in [-0.4, -0.2) is 18.1 Å². The van der Waals surface area contributed by atoms with Crippen molar-refractivity contribution in [2.75, 3.05) is 7.11 Å². The van der Waals surface area contributed by atoms with Crippen molar-refractivity contribution >= 4 is 5.97 Å². The number of hydrogen-bond acceptors (Lipinski definition) is 3. The molecular formula is C10H11F2NO2. The second-order valence-electron chi connectivity index (χ2n) is 3.08. The van der Waals surface area contributed by atoms with E-state index < -0.39 is 12.4 Å². The number of rotatable bonds is 3. The number of nitrogens with zero attached hydrogens (tertiary/aromatic N) is 1. The lowest BCUT2D eigenvalue weighted by Crippen LogP contribution is -2.08. The van der Waals surface area contributed by atoms with Gasteiger partial charge in [0.1, 0.15) is 0 Å². The maximum absolute atomic E-state index is 12.6. The van der Waals surface area contributed by atoms with E-state index in [0.29, 0.717) is 5.69 Å². The van der Waals surface area contributed by atoms with E-state index in [-0.39, 0.29) is 17.5 Å². The van der Waals surface area contributed by atoms with Crippen LogP contribution >= 0.6 is 0 Å². The first kappa shape index (κ1) is 11.6. The quantitative estimate of drug-likeness (QED) is 0.724. The number of ether oxygens (including phenoxy) is 1. The van der Waals surface area contributed by atoms with Gasteiger partial charge in [-0.1, -0.05) is 0 Å². The SMILES string of the molecule is COC(=O)Cc1cnc(C)cc1C(F)F. The van der Waals surface area contributed by atoms with Crippen LogP contribution in [-0.2, 0) is 16.0 Å². The Morgan fingerprint density at radius 3 is 2.80 bits per heavy atom. The Labute approximate surface area is 86.1 Å². The molecule has 82 valence electrons. The lowest BCUT2D eigenvalue weighted by Gasteiger charge is -2.07. The number of pyridine rings is 1. The fourth-order valence-electron chi connectivity index (χ4n) is 1.19. The Hall–Kier alpha value is -1.52. The number of halogens is 2. The van der Waals surface area contributed by atoms with Crippen molar-refractivity contribution in [3.05, 3.63) is 29.1 Å². The van der Waals surface area contributed by atoms with E-state index >= 15 is 0 Å². The van der Waals surface area contributed by atoms with Crippen LogP contribution in [0.1, 0.15) is 23.2 Å². The molecule has 0 amide bonds. The number of alkyl halides is 2. The molecule has 0 aliphatic heterocycles. The highest BCUT2D eigenvalue weighted by Crippen LogP contribution is 2.23. The smallest absolute Gasteiger partial charge is 0.310 e. The van der Waals surface area contributed by atoms with Crippen molar-refractivity contribution < 1.29 is 18.3 Å². The minimum atomic E-state index is -2.61. The van der Waals surface area contributed by atoms with Crippen molar-refractivity contribution in [1.82, 2.24) is 4.98 Å². The Morgan fingerprint density at radius 1 is 1.60 bits per heavy atom. The third-order valence-electron chi connectivity index (χ3n) is 1.96. The van der Waals surface area contributed by atoms with Gasteiger partial charge in [-0.3, -0.25) is 9.78 Å². The summed E-state index contributed by atoms with van der Waals surface area (Å²) in [5.41, 5.74) is 0.550. The predicted molar refractivity (Wildman–Crippen MR) is 49.7 cm³/mol. The standard InChI is InChI=1S/C10H11F2NO2/c1-6-3-8(10(11)12)7(5-13-6)4-9(14)15-2/h3,5,10H,4H2,1-2H3. The lowest BCUT2D eigenvalue weighted by atomic mass is 10.1. The largest absolute Gasteiger partial charge is 0.469 e.